The first kappa shape index (κ1) is 19.4. The van der Waals surface area contributed by atoms with Gasteiger partial charge in [0.25, 0.3) is 0 Å². The average molecular weight is 416 g/mol. The molecule has 1 aromatic carbocycles. The molecular formula is C23H24N6O2. The molecule has 3 aromatic heterocycles. The molecule has 0 unspecified atom stereocenters. The molecule has 1 amide bonds. The van der Waals surface area contributed by atoms with Gasteiger partial charge in [-0.05, 0) is 44.0 Å². The molecule has 0 saturated carbocycles. The molecule has 0 N–H and O–H groups in total. The fourth-order valence-corrected chi connectivity index (χ4v) is 4.08. The summed E-state index contributed by atoms with van der Waals surface area (Å²) in [5, 5.41) is 8.45. The van der Waals surface area contributed by atoms with Gasteiger partial charge in [-0.3, -0.25) is 9.78 Å². The zero-order valence-electron chi connectivity index (χ0n) is 17.4. The molecule has 0 bridgehead atoms. The second-order valence-electron chi connectivity index (χ2n) is 7.99. The number of aryl methyl sites for hydroxylation is 2. The van der Waals surface area contributed by atoms with Crippen molar-refractivity contribution < 1.29 is 9.21 Å². The van der Waals surface area contributed by atoms with Gasteiger partial charge in [-0.15, -0.1) is 10.2 Å². The van der Waals surface area contributed by atoms with Crippen LogP contribution < -0.4 is 0 Å². The van der Waals surface area contributed by atoms with Crippen molar-refractivity contribution in [2.75, 3.05) is 13.1 Å². The molecule has 8 nitrogen and oxygen atoms in total. The molecule has 5 rings (SSSR count). The van der Waals surface area contributed by atoms with E-state index in [4.69, 9.17) is 4.42 Å². The van der Waals surface area contributed by atoms with Crippen LogP contribution in [0.5, 0.6) is 0 Å². The summed E-state index contributed by atoms with van der Waals surface area (Å²) in [5.74, 6) is 1.27. The van der Waals surface area contributed by atoms with Gasteiger partial charge in [-0.1, -0.05) is 12.1 Å². The van der Waals surface area contributed by atoms with E-state index < -0.39 is 0 Å². The van der Waals surface area contributed by atoms with Crippen LogP contribution in [-0.4, -0.2) is 48.6 Å². The number of aromatic nitrogens is 5. The zero-order valence-corrected chi connectivity index (χ0v) is 17.4. The summed E-state index contributed by atoms with van der Waals surface area (Å²) in [6.07, 6.45) is 5.84. The molecule has 4 heterocycles. The average Bonchev–Trinajstić information content (AvgIpc) is 3.46. The molecule has 8 heteroatoms. The maximum atomic E-state index is 12.9. The maximum absolute atomic E-state index is 12.9. The summed E-state index contributed by atoms with van der Waals surface area (Å²) >= 11 is 0. The molecule has 158 valence electrons. The quantitative estimate of drug-likeness (QED) is 0.494. The molecular weight excluding hydrogens is 392 g/mol. The number of benzene rings is 1. The van der Waals surface area contributed by atoms with Crippen LogP contribution in [0.4, 0.5) is 0 Å². The number of nitrogens with zero attached hydrogens (tertiary/aromatic N) is 6. The Kier molecular flexibility index (Phi) is 5.19. The summed E-state index contributed by atoms with van der Waals surface area (Å²) in [6.45, 7) is 3.93. The van der Waals surface area contributed by atoms with Crippen molar-refractivity contribution in [3.63, 3.8) is 0 Å². The predicted molar refractivity (Wildman–Crippen MR) is 115 cm³/mol. The highest BCUT2D eigenvalue weighted by atomic mass is 16.4. The van der Waals surface area contributed by atoms with Crippen LogP contribution in [0.15, 0.2) is 53.3 Å². The summed E-state index contributed by atoms with van der Waals surface area (Å²) in [5.41, 5.74) is 3.74. The van der Waals surface area contributed by atoms with Gasteiger partial charge >= 0.3 is 0 Å². The first-order valence-corrected chi connectivity index (χ1v) is 10.6. The second kappa shape index (κ2) is 8.29. The first-order chi connectivity index (χ1) is 15.2. The monoisotopic (exact) mass is 416 g/mol. The van der Waals surface area contributed by atoms with Crippen molar-refractivity contribution in [1.82, 2.24) is 29.6 Å². The third-order valence-corrected chi connectivity index (χ3v) is 5.82. The van der Waals surface area contributed by atoms with Crippen molar-refractivity contribution in [3.8, 4) is 11.5 Å². The second-order valence-corrected chi connectivity index (χ2v) is 7.99. The third-order valence-electron chi connectivity index (χ3n) is 5.82. The lowest BCUT2D eigenvalue weighted by molar-refractivity contribution is -0.132. The van der Waals surface area contributed by atoms with Gasteiger partial charge in [0, 0.05) is 37.9 Å². The zero-order chi connectivity index (χ0) is 21.2. The predicted octanol–water partition coefficient (Wildman–Crippen LogP) is 3.59. The number of hydrogen-bond donors (Lipinski definition) is 0. The Hall–Kier alpha value is -3.55. The van der Waals surface area contributed by atoms with E-state index in [0.717, 1.165) is 41.7 Å². The Morgan fingerprint density at radius 2 is 2.06 bits per heavy atom. The van der Waals surface area contributed by atoms with E-state index in [2.05, 4.69) is 20.2 Å². The van der Waals surface area contributed by atoms with Gasteiger partial charge in [0.15, 0.2) is 0 Å². The highest BCUT2D eigenvalue weighted by molar-refractivity contribution is 5.77. The highest BCUT2D eigenvalue weighted by Gasteiger charge is 2.28. The summed E-state index contributed by atoms with van der Waals surface area (Å²) in [4.78, 5) is 23.5. The molecule has 1 aliphatic heterocycles. The van der Waals surface area contributed by atoms with Crippen LogP contribution in [-0.2, 0) is 11.3 Å². The number of fused-ring (bicyclic) bond motifs is 1. The Labute approximate surface area is 179 Å². The normalized spacial score (nSPS) is 16.7. The Morgan fingerprint density at radius 3 is 2.94 bits per heavy atom. The minimum absolute atomic E-state index is 0.0615. The number of amides is 1. The molecule has 4 aromatic rings. The van der Waals surface area contributed by atoms with E-state index in [-0.39, 0.29) is 11.8 Å². The first-order valence-electron chi connectivity index (χ1n) is 10.6. The minimum Gasteiger partial charge on any atom is -0.420 e. The van der Waals surface area contributed by atoms with E-state index in [9.17, 15) is 4.79 Å². The number of likely N-dealkylation sites (tertiary alicyclic amines) is 1. The van der Waals surface area contributed by atoms with Gasteiger partial charge in [-0.2, -0.15) is 0 Å². The smallest absolute Gasteiger partial charge is 0.249 e. The molecule has 0 spiro atoms. The molecule has 0 aliphatic carbocycles. The Bertz CT molecular complexity index is 1200. The summed E-state index contributed by atoms with van der Waals surface area (Å²) in [7, 11) is 0. The van der Waals surface area contributed by atoms with Crippen LogP contribution in [0, 0.1) is 6.92 Å². The Balaban J connectivity index is 1.23. The standard InChI is InChI=1S/C23H24N6O2/c1-16-8-9-17(13-24-16)22-26-27-23(31-22)18-5-4-11-28(14-18)21(30)10-12-29-15-25-19-6-2-3-7-20(19)29/h2-3,6-9,13,15,18H,4-5,10-12,14H2,1H3/t18-/m0/s1. The number of imidazole rings is 1. The van der Waals surface area contributed by atoms with Crippen LogP contribution in [0.1, 0.15) is 36.8 Å². The SMILES string of the molecule is Cc1ccc(-c2nnc([C@H]3CCCN(C(=O)CCn4cnc5ccccc54)C3)o2)cn1. The van der Waals surface area contributed by atoms with Gasteiger partial charge in [0.05, 0.1) is 28.8 Å². The Morgan fingerprint density at radius 1 is 1.16 bits per heavy atom. The number of rotatable bonds is 5. The van der Waals surface area contributed by atoms with Crippen molar-refractivity contribution in [2.45, 2.75) is 38.6 Å². The van der Waals surface area contributed by atoms with E-state index in [0.29, 0.717) is 31.3 Å². The van der Waals surface area contributed by atoms with E-state index in [1.807, 2.05) is 52.8 Å². The van der Waals surface area contributed by atoms with E-state index >= 15 is 0 Å². The number of hydrogen-bond acceptors (Lipinski definition) is 6. The van der Waals surface area contributed by atoms with E-state index in [1.165, 1.54) is 0 Å². The van der Waals surface area contributed by atoms with Crippen LogP contribution in [0.3, 0.4) is 0 Å². The lowest BCUT2D eigenvalue weighted by Crippen LogP contribution is -2.39. The van der Waals surface area contributed by atoms with Crippen LogP contribution in [0.25, 0.3) is 22.5 Å². The van der Waals surface area contributed by atoms with Crippen LogP contribution in [0.2, 0.25) is 0 Å². The van der Waals surface area contributed by atoms with E-state index in [1.54, 1.807) is 12.5 Å². The maximum Gasteiger partial charge on any atom is 0.249 e. The minimum atomic E-state index is 0.0615. The number of carbonyl (C=O) groups is 1. The van der Waals surface area contributed by atoms with Crippen LogP contribution >= 0.6 is 0 Å². The third kappa shape index (κ3) is 4.05. The van der Waals surface area contributed by atoms with Gasteiger partial charge in [0.2, 0.25) is 17.7 Å². The summed E-state index contributed by atoms with van der Waals surface area (Å²) in [6, 6.07) is 11.8. The molecule has 0 radical (unpaired) electrons. The lowest BCUT2D eigenvalue weighted by atomic mass is 9.98. The number of pyridine rings is 1. The van der Waals surface area contributed by atoms with Gasteiger partial charge in [0.1, 0.15) is 0 Å². The van der Waals surface area contributed by atoms with Crippen molar-refractivity contribution >= 4 is 16.9 Å². The molecule has 1 atom stereocenters. The molecule has 1 fully saturated rings. The highest BCUT2D eigenvalue weighted by Crippen LogP contribution is 2.28. The number of piperidine rings is 1. The molecule has 31 heavy (non-hydrogen) atoms. The lowest BCUT2D eigenvalue weighted by Gasteiger charge is -2.31. The van der Waals surface area contributed by atoms with Gasteiger partial charge < -0.3 is 13.9 Å². The number of para-hydroxylation sites is 2. The van der Waals surface area contributed by atoms with Gasteiger partial charge in [-0.25, -0.2) is 4.98 Å². The molecule has 1 saturated heterocycles. The van der Waals surface area contributed by atoms with Crippen molar-refractivity contribution in [2.24, 2.45) is 0 Å². The van der Waals surface area contributed by atoms with Crippen molar-refractivity contribution in [1.29, 1.82) is 0 Å². The topological polar surface area (TPSA) is 89.9 Å². The van der Waals surface area contributed by atoms with Crippen molar-refractivity contribution in [3.05, 3.63) is 60.5 Å². The largest absolute Gasteiger partial charge is 0.420 e. The molecule has 1 aliphatic rings. The summed E-state index contributed by atoms with van der Waals surface area (Å²) < 4.78 is 7.97. The number of carbonyl (C=O) groups excluding carboxylic acids is 1. The fraction of sp³-hybridized carbons (Fsp3) is 0.348. The fourth-order valence-electron chi connectivity index (χ4n) is 4.08.